The van der Waals surface area contributed by atoms with Gasteiger partial charge in [-0.05, 0) is 44.2 Å². The Morgan fingerprint density at radius 2 is 2.28 bits per heavy atom. The van der Waals surface area contributed by atoms with Gasteiger partial charge in [0.05, 0.1) is 5.69 Å². The Morgan fingerprint density at radius 1 is 1.36 bits per heavy atom. The second-order valence-corrected chi connectivity index (χ2v) is 6.51. The lowest BCUT2D eigenvalue weighted by Crippen LogP contribution is -2.38. The molecule has 0 amide bonds. The van der Waals surface area contributed by atoms with Gasteiger partial charge in [0.15, 0.2) is 5.96 Å². The predicted molar refractivity (Wildman–Crippen MR) is 101 cm³/mol. The first-order valence-electron chi connectivity index (χ1n) is 9.37. The van der Waals surface area contributed by atoms with Gasteiger partial charge in [-0.3, -0.25) is 4.99 Å². The van der Waals surface area contributed by atoms with Crippen molar-refractivity contribution in [1.82, 2.24) is 20.0 Å². The van der Waals surface area contributed by atoms with E-state index >= 15 is 0 Å². The summed E-state index contributed by atoms with van der Waals surface area (Å²) in [6, 6.07) is 6.05. The molecule has 0 spiro atoms. The molecule has 1 aliphatic rings. The molecular weight excluding hydrogens is 314 g/mol. The summed E-state index contributed by atoms with van der Waals surface area (Å²) in [6.45, 7) is 6.28. The van der Waals surface area contributed by atoms with Crippen molar-refractivity contribution in [3.05, 3.63) is 36.3 Å². The van der Waals surface area contributed by atoms with Gasteiger partial charge in [-0.2, -0.15) is 0 Å². The Balaban J connectivity index is 1.37. The van der Waals surface area contributed by atoms with Crippen LogP contribution < -0.4 is 10.6 Å². The molecule has 1 fully saturated rings. The molecule has 0 radical (unpaired) electrons. The number of ether oxygens (including phenoxy) is 1. The third-order valence-corrected chi connectivity index (χ3v) is 4.20. The first-order chi connectivity index (χ1) is 12.3. The van der Waals surface area contributed by atoms with E-state index in [0.717, 1.165) is 68.9 Å². The normalized spacial score (nSPS) is 14.8. The molecule has 136 valence electrons. The second kappa shape index (κ2) is 9.42. The van der Waals surface area contributed by atoms with Crippen molar-refractivity contribution in [2.45, 2.75) is 32.6 Å². The third-order valence-electron chi connectivity index (χ3n) is 4.20. The monoisotopic (exact) mass is 343 g/mol. The number of nitrogens with one attached hydrogen (secondary N) is 2. The Labute approximate surface area is 149 Å². The smallest absolute Gasteiger partial charge is 0.191 e. The van der Waals surface area contributed by atoms with Gasteiger partial charge in [0.25, 0.3) is 0 Å². The van der Waals surface area contributed by atoms with Crippen LogP contribution in [0.25, 0.3) is 5.65 Å². The lowest BCUT2D eigenvalue weighted by Gasteiger charge is -2.10. The van der Waals surface area contributed by atoms with Crippen LogP contribution in [0.5, 0.6) is 0 Å². The summed E-state index contributed by atoms with van der Waals surface area (Å²) in [5.41, 5.74) is 2.08. The van der Waals surface area contributed by atoms with E-state index in [-0.39, 0.29) is 0 Å². The molecule has 0 aromatic carbocycles. The summed E-state index contributed by atoms with van der Waals surface area (Å²) < 4.78 is 7.70. The lowest BCUT2D eigenvalue weighted by atomic mass is 10.3. The third kappa shape index (κ3) is 6.05. The molecule has 6 nitrogen and oxygen atoms in total. The van der Waals surface area contributed by atoms with E-state index < -0.39 is 0 Å². The number of aliphatic imine (C=N–C) groups is 1. The number of rotatable bonds is 10. The summed E-state index contributed by atoms with van der Waals surface area (Å²) in [6.07, 6.45) is 8.64. The number of pyridine rings is 1. The molecule has 25 heavy (non-hydrogen) atoms. The zero-order chi connectivity index (χ0) is 17.3. The van der Waals surface area contributed by atoms with E-state index in [9.17, 15) is 0 Å². The highest BCUT2D eigenvalue weighted by Crippen LogP contribution is 2.28. The van der Waals surface area contributed by atoms with Crippen LogP contribution in [0.4, 0.5) is 0 Å². The standard InChI is InChI=1S/C19H29N5O/c1-2-20-19(21-10-5-13-25-15-16-7-8-16)22-11-9-17-14-24-12-4-3-6-18(24)23-17/h3-4,6,12,14,16H,2,5,7-11,13,15H2,1H3,(H2,20,21,22). The molecule has 0 unspecified atom stereocenters. The van der Waals surface area contributed by atoms with E-state index in [1.807, 2.05) is 24.4 Å². The minimum absolute atomic E-state index is 0.786. The molecule has 3 rings (SSSR count). The average molecular weight is 343 g/mol. The summed E-state index contributed by atoms with van der Waals surface area (Å²) in [5, 5.41) is 6.67. The average Bonchev–Trinajstić information content (AvgIpc) is 3.35. The maximum Gasteiger partial charge on any atom is 0.191 e. The van der Waals surface area contributed by atoms with Crippen LogP contribution in [0.1, 0.15) is 31.9 Å². The van der Waals surface area contributed by atoms with Gasteiger partial charge >= 0.3 is 0 Å². The van der Waals surface area contributed by atoms with Crippen LogP contribution in [-0.4, -0.2) is 48.2 Å². The summed E-state index contributed by atoms with van der Waals surface area (Å²) in [4.78, 5) is 9.23. The molecule has 1 aliphatic carbocycles. The molecule has 6 heteroatoms. The number of aromatic nitrogens is 2. The molecule has 0 aliphatic heterocycles. The van der Waals surface area contributed by atoms with Gasteiger partial charge < -0.3 is 19.8 Å². The molecule has 0 atom stereocenters. The highest BCUT2D eigenvalue weighted by Gasteiger charge is 2.20. The van der Waals surface area contributed by atoms with Crippen molar-refractivity contribution in [2.75, 3.05) is 32.8 Å². The van der Waals surface area contributed by atoms with Crippen LogP contribution in [-0.2, 0) is 11.2 Å². The Bertz CT molecular complexity index is 644. The van der Waals surface area contributed by atoms with E-state index in [1.165, 1.54) is 12.8 Å². The summed E-state index contributed by atoms with van der Waals surface area (Å²) >= 11 is 0. The Morgan fingerprint density at radius 3 is 3.08 bits per heavy atom. The number of imidazole rings is 1. The van der Waals surface area contributed by atoms with Gasteiger partial charge in [0.2, 0.25) is 0 Å². The van der Waals surface area contributed by atoms with E-state index in [1.54, 1.807) is 0 Å². The number of guanidine groups is 1. The van der Waals surface area contributed by atoms with Gasteiger partial charge in [-0.1, -0.05) is 6.07 Å². The van der Waals surface area contributed by atoms with Crippen molar-refractivity contribution >= 4 is 11.6 Å². The molecule has 1 saturated carbocycles. The quantitative estimate of drug-likeness (QED) is 0.395. The fourth-order valence-corrected chi connectivity index (χ4v) is 2.65. The first-order valence-corrected chi connectivity index (χ1v) is 9.37. The maximum absolute atomic E-state index is 5.65. The van der Waals surface area contributed by atoms with Crippen molar-refractivity contribution in [2.24, 2.45) is 10.9 Å². The molecule has 2 heterocycles. The Hall–Kier alpha value is -2.08. The van der Waals surface area contributed by atoms with E-state index in [4.69, 9.17) is 4.74 Å². The second-order valence-electron chi connectivity index (χ2n) is 6.51. The molecule has 2 aromatic heterocycles. The minimum Gasteiger partial charge on any atom is -0.381 e. The highest BCUT2D eigenvalue weighted by atomic mass is 16.5. The van der Waals surface area contributed by atoms with Gasteiger partial charge in [0.1, 0.15) is 5.65 Å². The van der Waals surface area contributed by atoms with Gasteiger partial charge in [0, 0.05) is 51.7 Å². The van der Waals surface area contributed by atoms with Crippen molar-refractivity contribution in [3.8, 4) is 0 Å². The zero-order valence-corrected chi connectivity index (χ0v) is 15.1. The SMILES string of the molecule is CCNC(=NCCCOCC1CC1)NCCc1cn2ccccc2n1. The maximum atomic E-state index is 5.65. The molecule has 2 aromatic rings. The van der Waals surface area contributed by atoms with Crippen molar-refractivity contribution < 1.29 is 4.74 Å². The summed E-state index contributed by atoms with van der Waals surface area (Å²) in [5.74, 6) is 1.70. The number of hydrogen-bond acceptors (Lipinski definition) is 3. The van der Waals surface area contributed by atoms with Crippen LogP contribution in [0.3, 0.4) is 0 Å². The zero-order valence-electron chi connectivity index (χ0n) is 15.1. The van der Waals surface area contributed by atoms with Crippen LogP contribution >= 0.6 is 0 Å². The number of hydrogen-bond donors (Lipinski definition) is 2. The topological polar surface area (TPSA) is 63.0 Å². The van der Waals surface area contributed by atoms with Crippen LogP contribution in [0.15, 0.2) is 35.6 Å². The molecule has 0 bridgehead atoms. The molecular formula is C19H29N5O. The first kappa shape index (κ1) is 17.7. The molecule has 2 N–H and O–H groups in total. The van der Waals surface area contributed by atoms with Gasteiger partial charge in [-0.15, -0.1) is 0 Å². The highest BCUT2D eigenvalue weighted by molar-refractivity contribution is 5.79. The number of nitrogens with zero attached hydrogens (tertiary/aromatic N) is 3. The lowest BCUT2D eigenvalue weighted by molar-refractivity contribution is 0.123. The van der Waals surface area contributed by atoms with Crippen LogP contribution in [0, 0.1) is 5.92 Å². The van der Waals surface area contributed by atoms with Crippen LogP contribution in [0.2, 0.25) is 0 Å². The Kier molecular flexibility index (Phi) is 6.68. The van der Waals surface area contributed by atoms with E-state index in [0.29, 0.717) is 0 Å². The fraction of sp³-hybridized carbons (Fsp3) is 0.579. The molecule has 0 saturated heterocycles. The van der Waals surface area contributed by atoms with Crippen molar-refractivity contribution in [3.63, 3.8) is 0 Å². The number of fused-ring (bicyclic) bond motifs is 1. The summed E-state index contributed by atoms with van der Waals surface area (Å²) in [7, 11) is 0. The largest absolute Gasteiger partial charge is 0.381 e. The fourth-order valence-electron chi connectivity index (χ4n) is 2.65. The van der Waals surface area contributed by atoms with Gasteiger partial charge in [-0.25, -0.2) is 4.98 Å². The predicted octanol–water partition coefficient (Wildman–Crippen LogP) is 2.25. The minimum atomic E-state index is 0.786. The van der Waals surface area contributed by atoms with E-state index in [2.05, 4.69) is 38.1 Å². The van der Waals surface area contributed by atoms with Crippen molar-refractivity contribution in [1.29, 1.82) is 0 Å².